The van der Waals surface area contributed by atoms with E-state index in [0.717, 1.165) is 5.69 Å². The number of aromatic nitrogens is 3. The molecule has 0 fully saturated rings. The van der Waals surface area contributed by atoms with Crippen LogP contribution in [-0.2, 0) is 9.53 Å². The molecule has 9 heteroatoms. The lowest BCUT2D eigenvalue weighted by molar-refractivity contribution is -0.136. The van der Waals surface area contributed by atoms with Crippen molar-refractivity contribution in [2.24, 2.45) is 0 Å². The summed E-state index contributed by atoms with van der Waals surface area (Å²) in [6.45, 7) is 1.76. The number of allylic oxidation sites excluding steroid dienone is 1. The fourth-order valence-electron chi connectivity index (χ4n) is 3.33. The number of esters is 1. The van der Waals surface area contributed by atoms with Gasteiger partial charge in [0.05, 0.1) is 24.6 Å². The molecule has 30 heavy (non-hydrogen) atoms. The van der Waals surface area contributed by atoms with Crippen molar-refractivity contribution in [1.82, 2.24) is 20.3 Å². The minimum atomic E-state index is -0.640. The van der Waals surface area contributed by atoms with E-state index in [2.05, 4.69) is 15.5 Å². The van der Waals surface area contributed by atoms with E-state index >= 15 is 0 Å². The van der Waals surface area contributed by atoms with Crippen LogP contribution in [0.15, 0.2) is 72.1 Å². The minimum absolute atomic E-state index is 0.343. The first-order valence-electron chi connectivity index (χ1n) is 9.12. The molecule has 7 nitrogen and oxygen atoms in total. The maximum atomic E-state index is 13.4. The standard InChI is InChI=1S/C21H18FN5O2S/c1-13-18(20(28)29-2)19(17-12-23-27(25-17)16-6-4-3-5-7-16)24-21(30)26(13)15-10-8-14(22)9-11-15/h3-12,19H,1-2H3,(H,24,30). The van der Waals surface area contributed by atoms with Crippen molar-refractivity contribution in [3.63, 3.8) is 0 Å². The van der Waals surface area contributed by atoms with Crippen LogP contribution < -0.4 is 10.2 Å². The summed E-state index contributed by atoms with van der Waals surface area (Å²) in [5.74, 6) is -0.881. The summed E-state index contributed by atoms with van der Waals surface area (Å²) in [5, 5.41) is 12.3. The summed E-state index contributed by atoms with van der Waals surface area (Å²) in [4.78, 5) is 15.8. The maximum Gasteiger partial charge on any atom is 0.338 e. The van der Waals surface area contributed by atoms with Crippen LogP contribution in [0.1, 0.15) is 18.7 Å². The van der Waals surface area contributed by atoms with E-state index < -0.39 is 12.0 Å². The van der Waals surface area contributed by atoms with Crippen LogP contribution >= 0.6 is 12.2 Å². The Morgan fingerprint density at radius 3 is 2.50 bits per heavy atom. The lowest BCUT2D eigenvalue weighted by Crippen LogP contribution is -2.48. The second kappa shape index (κ2) is 8.03. The highest BCUT2D eigenvalue weighted by atomic mass is 32.1. The number of rotatable bonds is 4. The first-order valence-corrected chi connectivity index (χ1v) is 9.53. The number of nitrogens with one attached hydrogen (secondary N) is 1. The molecule has 1 aromatic heterocycles. The minimum Gasteiger partial charge on any atom is -0.466 e. The van der Waals surface area contributed by atoms with Crippen LogP contribution in [0.2, 0.25) is 0 Å². The number of methoxy groups -OCH3 is 1. The molecular formula is C21H18FN5O2S. The molecule has 4 rings (SSSR count). The van der Waals surface area contributed by atoms with E-state index in [1.165, 1.54) is 24.0 Å². The summed E-state index contributed by atoms with van der Waals surface area (Å²) < 4.78 is 18.4. The molecule has 2 heterocycles. The van der Waals surface area contributed by atoms with Crippen LogP contribution in [0.5, 0.6) is 0 Å². The number of ether oxygens (including phenoxy) is 1. The molecule has 1 aliphatic rings. The number of halogens is 1. The molecule has 0 radical (unpaired) electrons. The van der Waals surface area contributed by atoms with Gasteiger partial charge in [-0.3, -0.25) is 4.90 Å². The third-order valence-corrected chi connectivity index (χ3v) is 5.07. The molecule has 1 aliphatic heterocycles. The number of hydrogen-bond acceptors (Lipinski definition) is 5. The van der Waals surface area contributed by atoms with Gasteiger partial charge in [-0.05, 0) is 55.5 Å². The van der Waals surface area contributed by atoms with Crippen LogP contribution in [-0.4, -0.2) is 33.2 Å². The van der Waals surface area contributed by atoms with Crippen LogP contribution in [0.3, 0.4) is 0 Å². The van der Waals surface area contributed by atoms with Crippen molar-refractivity contribution < 1.29 is 13.9 Å². The largest absolute Gasteiger partial charge is 0.466 e. The first kappa shape index (κ1) is 19.7. The molecule has 2 aromatic carbocycles. The van der Waals surface area contributed by atoms with Gasteiger partial charge in [-0.1, -0.05) is 18.2 Å². The van der Waals surface area contributed by atoms with E-state index in [-0.39, 0.29) is 5.82 Å². The average molecular weight is 423 g/mol. The zero-order chi connectivity index (χ0) is 21.3. The molecule has 1 unspecified atom stereocenters. The Labute approximate surface area is 177 Å². The highest BCUT2D eigenvalue weighted by Gasteiger charge is 2.36. The number of thiocarbonyl (C=S) groups is 1. The SMILES string of the molecule is COC(=O)C1=C(C)N(c2ccc(F)cc2)C(=S)NC1c1cnn(-c2ccccc2)n1. The highest BCUT2D eigenvalue weighted by Crippen LogP contribution is 2.33. The van der Waals surface area contributed by atoms with Gasteiger partial charge in [-0.25, -0.2) is 9.18 Å². The molecule has 0 bridgehead atoms. The Bertz CT molecular complexity index is 1130. The normalized spacial score (nSPS) is 16.4. The lowest BCUT2D eigenvalue weighted by atomic mass is 9.99. The van der Waals surface area contributed by atoms with Gasteiger partial charge in [0, 0.05) is 11.4 Å². The lowest BCUT2D eigenvalue weighted by Gasteiger charge is -2.36. The second-order valence-corrected chi connectivity index (χ2v) is 6.97. The van der Waals surface area contributed by atoms with Crippen LogP contribution in [0, 0.1) is 5.82 Å². The van der Waals surface area contributed by atoms with E-state index in [1.807, 2.05) is 30.3 Å². The van der Waals surface area contributed by atoms with Gasteiger partial charge >= 0.3 is 5.97 Å². The van der Waals surface area contributed by atoms with Crippen molar-refractivity contribution in [2.45, 2.75) is 13.0 Å². The quantitative estimate of drug-likeness (QED) is 0.510. The van der Waals surface area contributed by atoms with Crippen molar-refractivity contribution in [1.29, 1.82) is 0 Å². The number of carbonyl (C=O) groups excluding carboxylic acids is 1. The van der Waals surface area contributed by atoms with E-state index in [9.17, 15) is 9.18 Å². The van der Waals surface area contributed by atoms with Crippen LogP contribution in [0.4, 0.5) is 10.1 Å². The number of hydrogen-bond donors (Lipinski definition) is 1. The molecule has 0 saturated carbocycles. The Kier molecular flexibility index (Phi) is 5.28. The number of carbonyl (C=O) groups is 1. The molecular weight excluding hydrogens is 405 g/mol. The smallest absolute Gasteiger partial charge is 0.338 e. The van der Waals surface area contributed by atoms with Gasteiger partial charge in [-0.2, -0.15) is 15.0 Å². The predicted molar refractivity (Wildman–Crippen MR) is 113 cm³/mol. The first-order chi connectivity index (χ1) is 14.5. The summed E-state index contributed by atoms with van der Waals surface area (Å²) in [5.41, 5.74) is 2.83. The Balaban J connectivity index is 1.77. The van der Waals surface area contributed by atoms with E-state index in [4.69, 9.17) is 17.0 Å². The topological polar surface area (TPSA) is 72.3 Å². The van der Waals surface area contributed by atoms with Gasteiger partial charge in [0.1, 0.15) is 17.6 Å². The average Bonchev–Trinajstić information content (AvgIpc) is 3.25. The van der Waals surface area contributed by atoms with E-state index in [1.54, 1.807) is 30.2 Å². The molecule has 0 aliphatic carbocycles. The molecule has 1 N–H and O–H groups in total. The number of anilines is 1. The van der Waals surface area contributed by atoms with Gasteiger partial charge in [0.2, 0.25) is 0 Å². The van der Waals surface area contributed by atoms with Gasteiger partial charge < -0.3 is 10.1 Å². The number of nitrogens with zero attached hydrogens (tertiary/aromatic N) is 4. The fourth-order valence-corrected chi connectivity index (χ4v) is 3.69. The summed E-state index contributed by atoms with van der Waals surface area (Å²) >= 11 is 5.55. The molecule has 0 amide bonds. The molecule has 0 spiro atoms. The zero-order valence-electron chi connectivity index (χ0n) is 16.2. The third kappa shape index (κ3) is 3.55. The van der Waals surface area contributed by atoms with Crippen molar-refractivity contribution in [2.75, 3.05) is 12.0 Å². The van der Waals surface area contributed by atoms with Gasteiger partial charge in [0.15, 0.2) is 5.11 Å². The molecule has 1 atom stereocenters. The maximum absolute atomic E-state index is 13.4. The Morgan fingerprint density at radius 2 is 1.83 bits per heavy atom. The third-order valence-electron chi connectivity index (χ3n) is 4.77. The summed E-state index contributed by atoms with van der Waals surface area (Å²) in [6.07, 6.45) is 1.58. The Hall–Kier alpha value is -3.59. The van der Waals surface area contributed by atoms with Crippen molar-refractivity contribution in [3.8, 4) is 5.69 Å². The monoisotopic (exact) mass is 423 g/mol. The Morgan fingerprint density at radius 1 is 1.13 bits per heavy atom. The second-order valence-electron chi connectivity index (χ2n) is 6.58. The van der Waals surface area contributed by atoms with Crippen LogP contribution in [0.25, 0.3) is 5.69 Å². The summed E-state index contributed by atoms with van der Waals surface area (Å²) in [6, 6.07) is 14.6. The molecule has 152 valence electrons. The fraction of sp³-hybridized carbons (Fsp3) is 0.143. The summed E-state index contributed by atoms with van der Waals surface area (Å²) in [7, 11) is 1.32. The predicted octanol–water partition coefficient (Wildman–Crippen LogP) is 3.29. The molecule has 0 saturated heterocycles. The number of para-hydroxylation sites is 1. The van der Waals surface area contributed by atoms with Gasteiger partial charge in [-0.15, -0.1) is 0 Å². The van der Waals surface area contributed by atoms with Crippen molar-refractivity contribution >= 4 is 29.0 Å². The highest BCUT2D eigenvalue weighted by molar-refractivity contribution is 7.80. The molecule has 3 aromatic rings. The van der Waals surface area contributed by atoms with Gasteiger partial charge in [0.25, 0.3) is 0 Å². The zero-order valence-corrected chi connectivity index (χ0v) is 17.1. The number of benzene rings is 2. The van der Waals surface area contributed by atoms with E-state index in [0.29, 0.717) is 27.8 Å². The van der Waals surface area contributed by atoms with Crippen molar-refractivity contribution in [3.05, 3.63) is 83.6 Å².